The van der Waals surface area contributed by atoms with Gasteiger partial charge in [0.15, 0.2) is 0 Å². The van der Waals surface area contributed by atoms with Crippen LogP contribution in [0, 0.1) is 5.82 Å². The van der Waals surface area contributed by atoms with Crippen molar-refractivity contribution in [2.45, 2.75) is 18.4 Å². The molecule has 0 bridgehead atoms. The quantitative estimate of drug-likeness (QED) is 0.828. The smallest absolute Gasteiger partial charge is 0.252 e. The molecule has 1 aromatic carbocycles. The number of nitrogens with zero attached hydrogens (tertiary/aromatic N) is 2. The van der Waals surface area contributed by atoms with Gasteiger partial charge < -0.3 is 10.6 Å². The Morgan fingerprint density at radius 2 is 2.13 bits per heavy atom. The highest BCUT2D eigenvalue weighted by atomic mass is 79.9. The Labute approximate surface area is 148 Å². The number of carbonyl (C=O) groups excluding carboxylic acids is 1. The van der Waals surface area contributed by atoms with E-state index in [1.165, 1.54) is 6.07 Å². The van der Waals surface area contributed by atoms with Crippen LogP contribution in [0.3, 0.4) is 0 Å². The van der Waals surface area contributed by atoms with Crippen molar-refractivity contribution in [2.24, 2.45) is 0 Å². The number of piperidine rings is 1. The summed E-state index contributed by atoms with van der Waals surface area (Å²) < 4.78 is 16.3. The third kappa shape index (κ3) is 3.57. The summed E-state index contributed by atoms with van der Waals surface area (Å²) >= 11 is 3.21. The number of hydrogen-bond donors (Lipinski definition) is 2. The molecule has 23 heavy (non-hydrogen) atoms. The standard InChI is InChI=1S/C15H16BrFN4O.ClH/c16-11-2-3-13(12(17)10-11)20-14(22)15(4-7-18-8-5-15)21-9-1-6-19-21;/h1-3,6,9-10,18H,4-5,7-8H2,(H,20,22);1H. The van der Waals surface area contributed by atoms with E-state index in [4.69, 9.17) is 0 Å². The average molecular weight is 404 g/mol. The molecule has 0 saturated carbocycles. The lowest BCUT2D eigenvalue weighted by Crippen LogP contribution is -2.52. The fourth-order valence-electron chi connectivity index (χ4n) is 2.75. The molecule has 8 heteroatoms. The number of carbonyl (C=O) groups is 1. The van der Waals surface area contributed by atoms with E-state index in [1.54, 1.807) is 35.3 Å². The normalized spacial score (nSPS) is 16.4. The molecule has 2 heterocycles. The van der Waals surface area contributed by atoms with E-state index in [0.29, 0.717) is 17.3 Å². The highest BCUT2D eigenvalue weighted by Gasteiger charge is 2.42. The van der Waals surface area contributed by atoms with Crippen molar-refractivity contribution < 1.29 is 9.18 Å². The van der Waals surface area contributed by atoms with Crippen LogP contribution < -0.4 is 10.6 Å². The van der Waals surface area contributed by atoms with Gasteiger partial charge in [-0.15, -0.1) is 12.4 Å². The largest absolute Gasteiger partial charge is 0.321 e. The predicted octanol–water partition coefficient (Wildman–Crippen LogP) is 2.92. The zero-order chi connectivity index (χ0) is 15.6. The van der Waals surface area contributed by atoms with Gasteiger partial charge >= 0.3 is 0 Å². The lowest BCUT2D eigenvalue weighted by atomic mass is 9.87. The highest BCUT2D eigenvalue weighted by Crippen LogP contribution is 2.29. The number of benzene rings is 1. The first-order valence-corrected chi connectivity index (χ1v) is 7.88. The Morgan fingerprint density at radius 3 is 2.74 bits per heavy atom. The number of anilines is 1. The van der Waals surface area contributed by atoms with Crippen LogP contribution in [0.2, 0.25) is 0 Å². The van der Waals surface area contributed by atoms with E-state index in [1.807, 2.05) is 0 Å². The summed E-state index contributed by atoms with van der Waals surface area (Å²) in [4.78, 5) is 12.8. The van der Waals surface area contributed by atoms with Crippen molar-refractivity contribution in [2.75, 3.05) is 18.4 Å². The number of nitrogens with one attached hydrogen (secondary N) is 2. The molecule has 1 aliphatic rings. The zero-order valence-electron chi connectivity index (χ0n) is 12.3. The van der Waals surface area contributed by atoms with Crippen LogP contribution >= 0.6 is 28.3 Å². The van der Waals surface area contributed by atoms with E-state index in [0.717, 1.165) is 13.1 Å². The highest BCUT2D eigenvalue weighted by molar-refractivity contribution is 9.10. The average Bonchev–Trinajstić information content (AvgIpc) is 3.05. The molecular weight excluding hydrogens is 387 g/mol. The van der Waals surface area contributed by atoms with Crippen molar-refractivity contribution in [3.8, 4) is 0 Å². The molecule has 0 aliphatic carbocycles. The summed E-state index contributed by atoms with van der Waals surface area (Å²) in [5, 5.41) is 10.2. The van der Waals surface area contributed by atoms with Gasteiger partial charge in [-0.05, 0) is 50.2 Å². The lowest BCUT2D eigenvalue weighted by molar-refractivity contribution is -0.126. The number of halogens is 3. The molecule has 2 aromatic rings. The van der Waals surface area contributed by atoms with Crippen molar-refractivity contribution in [1.29, 1.82) is 0 Å². The van der Waals surface area contributed by atoms with Gasteiger partial charge in [0.1, 0.15) is 11.4 Å². The van der Waals surface area contributed by atoms with E-state index in [-0.39, 0.29) is 24.0 Å². The van der Waals surface area contributed by atoms with Crippen LogP contribution in [0.25, 0.3) is 0 Å². The molecule has 0 atom stereocenters. The minimum Gasteiger partial charge on any atom is -0.321 e. The molecule has 0 spiro atoms. The molecule has 2 N–H and O–H groups in total. The monoisotopic (exact) mass is 402 g/mol. The molecule has 0 radical (unpaired) electrons. The number of rotatable bonds is 3. The zero-order valence-corrected chi connectivity index (χ0v) is 14.7. The van der Waals surface area contributed by atoms with Crippen molar-refractivity contribution in [3.63, 3.8) is 0 Å². The third-order valence-corrected chi connectivity index (χ3v) is 4.47. The maximum absolute atomic E-state index is 14.0. The van der Waals surface area contributed by atoms with Crippen molar-refractivity contribution in [1.82, 2.24) is 15.1 Å². The van der Waals surface area contributed by atoms with Gasteiger partial charge in [0.2, 0.25) is 0 Å². The summed E-state index contributed by atoms with van der Waals surface area (Å²) in [6, 6.07) is 6.37. The molecule has 1 fully saturated rings. The van der Waals surface area contributed by atoms with Crippen molar-refractivity contribution >= 4 is 39.9 Å². The molecule has 0 unspecified atom stereocenters. The first-order valence-electron chi connectivity index (χ1n) is 7.09. The van der Waals surface area contributed by atoms with Gasteiger partial charge in [-0.1, -0.05) is 15.9 Å². The summed E-state index contributed by atoms with van der Waals surface area (Å²) in [5.41, 5.74) is -0.605. The van der Waals surface area contributed by atoms with Gasteiger partial charge in [-0.3, -0.25) is 9.48 Å². The fourth-order valence-corrected chi connectivity index (χ4v) is 3.09. The van der Waals surface area contributed by atoms with E-state index in [9.17, 15) is 9.18 Å². The third-order valence-electron chi connectivity index (χ3n) is 3.98. The Hall–Kier alpha value is -1.44. The van der Waals surface area contributed by atoms with Gasteiger partial charge in [0, 0.05) is 16.9 Å². The molecule has 1 aromatic heterocycles. The Balaban J connectivity index is 0.00000192. The molecule has 1 amide bonds. The number of aromatic nitrogens is 2. The molecule has 1 saturated heterocycles. The van der Waals surface area contributed by atoms with Crippen LogP contribution in [-0.2, 0) is 10.3 Å². The fraction of sp³-hybridized carbons (Fsp3) is 0.333. The number of amides is 1. The SMILES string of the molecule is Cl.O=C(Nc1ccc(Br)cc1F)C1(n2cccn2)CCNCC1. The second-order valence-electron chi connectivity index (χ2n) is 5.31. The first-order chi connectivity index (χ1) is 10.6. The van der Waals surface area contributed by atoms with Crippen LogP contribution in [-0.4, -0.2) is 28.8 Å². The Bertz CT molecular complexity index is 674. The predicted molar refractivity (Wildman–Crippen MR) is 92.3 cm³/mol. The molecule has 3 rings (SSSR count). The van der Waals surface area contributed by atoms with Crippen molar-refractivity contribution in [3.05, 3.63) is 46.9 Å². The minimum atomic E-state index is -0.783. The topological polar surface area (TPSA) is 59.0 Å². The van der Waals surface area contributed by atoms with Crippen LogP contribution in [0.15, 0.2) is 41.1 Å². The van der Waals surface area contributed by atoms with E-state index < -0.39 is 11.4 Å². The van der Waals surface area contributed by atoms with Crippen LogP contribution in [0.1, 0.15) is 12.8 Å². The van der Waals surface area contributed by atoms with Crippen LogP contribution in [0.5, 0.6) is 0 Å². The summed E-state index contributed by atoms with van der Waals surface area (Å²) in [5.74, 6) is -0.703. The first kappa shape index (κ1) is 17.9. The maximum atomic E-state index is 14.0. The summed E-state index contributed by atoms with van der Waals surface area (Å²) in [6.45, 7) is 1.44. The Morgan fingerprint density at radius 1 is 1.39 bits per heavy atom. The summed E-state index contributed by atoms with van der Waals surface area (Å²) in [6.07, 6.45) is 4.65. The molecular formula is C15H17BrClFN4O. The van der Waals surface area contributed by atoms with E-state index in [2.05, 4.69) is 31.7 Å². The van der Waals surface area contributed by atoms with Gasteiger partial charge in [-0.2, -0.15) is 5.10 Å². The van der Waals surface area contributed by atoms with E-state index >= 15 is 0 Å². The summed E-state index contributed by atoms with van der Waals surface area (Å²) in [7, 11) is 0. The van der Waals surface area contributed by atoms with Gasteiger partial charge in [0.25, 0.3) is 5.91 Å². The molecule has 5 nitrogen and oxygen atoms in total. The maximum Gasteiger partial charge on any atom is 0.252 e. The number of hydrogen-bond acceptors (Lipinski definition) is 3. The second kappa shape index (κ2) is 7.42. The lowest BCUT2D eigenvalue weighted by Gasteiger charge is -2.36. The van der Waals surface area contributed by atoms with Crippen LogP contribution in [0.4, 0.5) is 10.1 Å². The van der Waals surface area contributed by atoms with Gasteiger partial charge in [0.05, 0.1) is 5.69 Å². The van der Waals surface area contributed by atoms with Gasteiger partial charge in [-0.25, -0.2) is 4.39 Å². The minimum absolute atomic E-state index is 0. The molecule has 124 valence electrons. The Kier molecular flexibility index (Phi) is 5.78. The molecule has 1 aliphatic heterocycles. The second-order valence-corrected chi connectivity index (χ2v) is 6.23.